The van der Waals surface area contributed by atoms with E-state index in [0.29, 0.717) is 6.54 Å². The van der Waals surface area contributed by atoms with Crippen molar-refractivity contribution in [3.8, 4) is 0 Å². The molecule has 0 fully saturated rings. The van der Waals surface area contributed by atoms with Gasteiger partial charge in [-0.3, -0.25) is 4.90 Å². The zero-order valence-electron chi connectivity index (χ0n) is 24.4. The Balaban J connectivity index is 3.51. The van der Waals surface area contributed by atoms with Crippen LogP contribution in [0.1, 0.15) is 174 Å². The summed E-state index contributed by atoms with van der Waals surface area (Å²) in [6, 6.07) is 0. The van der Waals surface area contributed by atoms with Gasteiger partial charge < -0.3 is 10.2 Å². The summed E-state index contributed by atoms with van der Waals surface area (Å²) in [5, 5.41) is 19.9. The first-order valence-electron chi connectivity index (χ1n) is 16.3. The zero-order chi connectivity index (χ0) is 25.7. The van der Waals surface area contributed by atoms with Crippen molar-refractivity contribution in [3.05, 3.63) is 0 Å². The van der Waals surface area contributed by atoms with Crippen LogP contribution in [0.3, 0.4) is 0 Å². The number of hydrogen-bond donors (Lipinski definition) is 2. The minimum atomic E-state index is -0.234. The number of unbranched alkanes of at least 4 members (excludes halogenated alkanes) is 22. The second-order valence-corrected chi connectivity index (χ2v) is 11.2. The molecule has 1 atom stereocenters. The summed E-state index contributed by atoms with van der Waals surface area (Å²) in [4.78, 5) is 2.28. The molecular formula is C32H67NO2. The fraction of sp³-hybridized carbons (Fsp3) is 1.00. The first-order valence-corrected chi connectivity index (χ1v) is 16.3. The lowest BCUT2D eigenvalue weighted by molar-refractivity contribution is 0.0905. The van der Waals surface area contributed by atoms with Crippen LogP contribution in [0, 0.1) is 0 Å². The number of rotatable bonds is 30. The molecule has 0 spiro atoms. The average molecular weight is 498 g/mol. The van der Waals surface area contributed by atoms with Crippen LogP contribution in [0.5, 0.6) is 0 Å². The molecule has 0 aromatic rings. The molecule has 1 unspecified atom stereocenters. The zero-order valence-corrected chi connectivity index (χ0v) is 24.4. The largest absolute Gasteiger partial charge is 0.395 e. The second-order valence-electron chi connectivity index (χ2n) is 11.2. The number of aliphatic hydroxyl groups is 2. The Bertz CT molecular complexity index is 377. The molecule has 0 rings (SSSR count). The lowest BCUT2D eigenvalue weighted by atomic mass is 10.0. The SMILES string of the molecule is CCCCCCCCCCCCCCCCC(O)CN(CCO)CCCCCCCCCCCC. The maximum atomic E-state index is 10.5. The van der Waals surface area contributed by atoms with E-state index in [1.807, 2.05) is 0 Å². The molecule has 0 bridgehead atoms. The lowest BCUT2D eigenvalue weighted by Crippen LogP contribution is -2.35. The standard InChI is InChI=1S/C32H67NO2/c1-3-5-7-9-11-13-15-16-17-18-19-21-23-25-27-32(35)31-33(29-30-34)28-26-24-22-20-14-12-10-8-6-4-2/h32,34-35H,3-31H2,1-2H3. The van der Waals surface area contributed by atoms with E-state index in [2.05, 4.69) is 18.7 Å². The van der Waals surface area contributed by atoms with Crippen molar-refractivity contribution in [1.29, 1.82) is 0 Å². The molecule has 0 aliphatic carbocycles. The Hall–Kier alpha value is -0.120. The molecule has 0 amide bonds. The molecule has 0 heterocycles. The van der Waals surface area contributed by atoms with Gasteiger partial charge >= 0.3 is 0 Å². The van der Waals surface area contributed by atoms with Crippen molar-refractivity contribution in [3.63, 3.8) is 0 Å². The molecule has 3 heteroatoms. The average Bonchev–Trinajstić information content (AvgIpc) is 2.85. The number of nitrogens with zero attached hydrogens (tertiary/aromatic N) is 1. The highest BCUT2D eigenvalue weighted by molar-refractivity contribution is 4.65. The molecule has 35 heavy (non-hydrogen) atoms. The molecular weight excluding hydrogens is 430 g/mol. The first kappa shape index (κ1) is 34.9. The highest BCUT2D eigenvalue weighted by Crippen LogP contribution is 2.15. The van der Waals surface area contributed by atoms with Crippen molar-refractivity contribution >= 4 is 0 Å². The van der Waals surface area contributed by atoms with Gasteiger partial charge in [0.2, 0.25) is 0 Å². The van der Waals surface area contributed by atoms with E-state index < -0.39 is 0 Å². The van der Waals surface area contributed by atoms with Gasteiger partial charge in [0, 0.05) is 13.1 Å². The van der Waals surface area contributed by atoms with Gasteiger partial charge in [-0.1, -0.05) is 162 Å². The number of aliphatic hydroxyl groups excluding tert-OH is 2. The van der Waals surface area contributed by atoms with Crippen molar-refractivity contribution in [2.75, 3.05) is 26.2 Å². The van der Waals surface area contributed by atoms with Gasteiger partial charge in [-0.2, -0.15) is 0 Å². The van der Waals surface area contributed by atoms with E-state index >= 15 is 0 Å². The molecule has 0 aliphatic rings. The molecule has 0 radical (unpaired) electrons. The van der Waals surface area contributed by atoms with Crippen molar-refractivity contribution in [2.24, 2.45) is 0 Å². The summed E-state index contributed by atoms with van der Waals surface area (Å²) >= 11 is 0. The van der Waals surface area contributed by atoms with Gasteiger partial charge in [-0.25, -0.2) is 0 Å². The highest BCUT2D eigenvalue weighted by atomic mass is 16.3. The van der Waals surface area contributed by atoms with E-state index in [1.54, 1.807) is 0 Å². The van der Waals surface area contributed by atoms with Gasteiger partial charge in [-0.05, 0) is 19.4 Å². The third kappa shape index (κ3) is 28.3. The van der Waals surface area contributed by atoms with Gasteiger partial charge in [0.15, 0.2) is 0 Å². The predicted molar refractivity (Wildman–Crippen MR) is 156 cm³/mol. The van der Waals surface area contributed by atoms with E-state index in [1.165, 1.54) is 148 Å². The summed E-state index contributed by atoms with van der Waals surface area (Å²) < 4.78 is 0. The molecule has 2 N–H and O–H groups in total. The van der Waals surface area contributed by atoms with Gasteiger partial charge in [0.05, 0.1) is 12.7 Å². The normalized spacial score (nSPS) is 12.6. The third-order valence-corrected chi connectivity index (χ3v) is 7.60. The van der Waals surface area contributed by atoms with Crippen molar-refractivity contribution in [1.82, 2.24) is 4.90 Å². The van der Waals surface area contributed by atoms with Gasteiger partial charge in [0.25, 0.3) is 0 Å². The molecule has 0 saturated heterocycles. The summed E-state index contributed by atoms with van der Waals surface area (Å²) in [5.41, 5.74) is 0. The fourth-order valence-electron chi connectivity index (χ4n) is 5.22. The minimum Gasteiger partial charge on any atom is -0.395 e. The molecule has 3 nitrogen and oxygen atoms in total. The van der Waals surface area contributed by atoms with Crippen LogP contribution >= 0.6 is 0 Å². The Morgan fingerprint density at radius 3 is 1.17 bits per heavy atom. The van der Waals surface area contributed by atoms with Crippen LogP contribution in [0.2, 0.25) is 0 Å². The lowest BCUT2D eigenvalue weighted by Gasteiger charge is -2.24. The van der Waals surface area contributed by atoms with Gasteiger partial charge in [0.1, 0.15) is 0 Å². The van der Waals surface area contributed by atoms with Crippen LogP contribution in [0.15, 0.2) is 0 Å². The smallest absolute Gasteiger partial charge is 0.0667 e. The van der Waals surface area contributed by atoms with E-state index in [4.69, 9.17) is 0 Å². The van der Waals surface area contributed by atoms with Crippen LogP contribution in [0.25, 0.3) is 0 Å². The Morgan fingerprint density at radius 1 is 0.457 bits per heavy atom. The second kappa shape index (κ2) is 30.1. The molecule has 0 saturated carbocycles. The van der Waals surface area contributed by atoms with Crippen molar-refractivity contribution in [2.45, 2.75) is 180 Å². The van der Waals surface area contributed by atoms with Crippen molar-refractivity contribution < 1.29 is 10.2 Å². The van der Waals surface area contributed by atoms with Crippen LogP contribution < -0.4 is 0 Å². The Morgan fingerprint density at radius 2 is 0.800 bits per heavy atom. The molecule has 0 aromatic carbocycles. The van der Waals surface area contributed by atoms with E-state index in [9.17, 15) is 10.2 Å². The fourth-order valence-corrected chi connectivity index (χ4v) is 5.22. The summed E-state index contributed by atoms with van der Waals surface area (Å²) in [7, 11) is 0. The van der Waals surface area contributed by atoms with Gasteiger partial charge in [-0.15, -0.1) is 0 Å². The molecule has 212 valence electrons. The Kier molecular flexibility index (Phi) is 30.0. The van der Waals surface area contributed by atoms with Crippen LogP contribution in [-0.2, 0) is 0 Å². The maximum Gasteiger partial charge on any atom is 0.0667 e. The monoisotopic (exact) mass is 498 g/mol. The first-order chi connectivity index (χ1) is 17.2. The quantitative estimate of drug-likeness (QED) is 0.0971. The molecule has 0 aliphatic heterocycles. The topological polar surface area (TPSA) is 43.7 Å². The van der Waals surface area contributed by atoms with Crippen LogP contribution in [0.4, 0.5) is 0 Å². The number of hydrogen-bond acceptors (Lipinski definition) is 3. The summed E-state index contributed by atoms with van der Waals surface area (Å²) in [6.07, 6.45) is 33.5. The maximum absolute atomic E-state index is 10.5. The highest BCUT2D eigenvalue weighted by Gasteiger charge is 2.11. The Labute approximate surface area is 221 Å². The van der Waals surface area contributed by atoms with E-state index in [0.717, 1.165) is 25.9 Å². The summed E-state index contributed by atoms with van der Waals surface area (Å²) in [6.45, 7) is 7.22. The summed E-state index contributed by atoms with van der Waals surface area (Å²) in [5.74, 6) is 0. The van der Waals surface area contributed by atoms with Crippen LogP contribution in [-0.4, -0.2) is 47.5 Å². The molecule has 0 aromatic heterocycles. The van der Waals surface area contributed by atoms with E-state index in [-0.39, 0.29) is 12.7 Å². The predicted octanol–water partition coefficient (Wildman–Crippen LogP) is 9.43. The third-order valence-electron chi connectivity index (χ3n) is 7.60. The minimum absolute atomic E-state index is 0.198.